The number of para-hydroxylation sites is 1. The largest absolute Gasteiger partial charge is 0.457 e. The molecule has 0 spiro atoms. The van der Waals surface area contributed by atoms with E-state index in [1.165, 1.54) is 5.56 Å². The second kappa shape index (κ2) is 7.68. The van der Waals surface area contributed by atoms with Crippen LogP contribution in [0.1, 0.15) is 37.0 Å². The first-order chi connectivity index (χ1) is 14.5. The molecule has 1 aliphatic heterocycles. The van der Waals surface area contributed by atoms with Gasteiger partial charge in [0.15, 0.2) is 0 Å². The van der Waals surface area contributed by atoms with Crippen molar-refractivity contribution in [2.75, 3.05) is 0 Å². The zero-order valence-corrected chi connectivity index (χ0v) is 17.1. The molecule has 1 saturated heterocycles. The zero-order chi connectivity index (χ0) is 21.2. The highest BCUT2D eigenvalue weighted by atomic mass is 16.6. The van der Waals surface area contributed by atoms with Crippen LogP contribution in [-0.4, -0.2) is 5.97 Å². The van der Waals surface area contributed by atoms with Crippen LogP contribution < -0.4 is 4.74 Å². The molecule has 150 valence electrons. The molecule has 2 atom stereocenters. The van der Waals surface area contributed by atoms with Gasteiger partial charge in [-0.3, -0.25) is 4.79 Å². The molecule has 1 heterocycles. The molecular weight excluding hydrogens is 374 g/mol. The maximum Gasteiger partial charge on any atom is 0.308 e. The molecule has 0 aliphatic carbocycles. The molecule has 30 heavy (non-hydrogen) atoms. The van der Waals surface area contributed by atoms with Crippen LogP contribution in [0.4, 0.5) is 0 Å². The lowest BCUT2D eigenvalue weighted by Crippen LogP contribution is -2.42. The van der Waals surface area contributed by atoms with Gasteiger partial charge in [-0.2, -0.15) is 5.26 Å². The minimum absolute atomic E-state index is 0.147. The van der Waals surface area contributed by atoms with Gasteiger partial charge < -0.3 is 9.47 Å². The van der Waals surface area contributed by atoms with Gasteiger partial charge in [0, 0.05) is 5.56 Å². The van der Waals surface area contributed by atoms with Crippen LogP contribution in [0, 0.1) is 11.3 Å². The van der Waals surface area contributed by atoms with E-state index in [4.69, 9.17) is 9.47 Å². The Kier molecular flexibility index (Phi) is 5.05. The van der Waals surface area contributed by atoms with Crippen molar-refractivity contribution < 1.29 is 14.3 Å². The van der Waals surface area contributed by atoms with E-state index in [1.807, 2.05) is 61.5 Å². The van der Waals surface area contributed by atoms with Gasteiger partial charge in [0.25, 0.3) is 0 Å². The summed E-state index contributed by atoms with van der Waals surface area (Å²) in [6.07, 6.45) is 1.08. The second-order valence-electron chi connectivity index (χ2n) is 7.77. The first kappa shape index (κ1) is 19.7. The summed E-state index contributed by atoms with van der Waals surface area (Å²) in [4.78, 5) is 12.4. The van der Waals surface area contributed by atoms with Gasteiger partial charge in [0.05, 0.1) is 11.8 Å². The quantitative estimate of drug-likeness (QED) is 0.521. The summed E-state index contributed by atoms with van der Waals surface area (Å²) in [5.41, 5.74) is 0.559. The molecule has 0 amide bonds. The monoisotopic (exact) mass is 397 g/mol. The molecule has 4 nitrogen and oxygen atoms in total. The fourth-order valence-electron chi connectivity index (χ4n) is 4.12. The molecule has 0 radical (unpaired) electrons. The Balaban J connectivity index is 1.71. The number of cyclic esters (lactones) is 1. The normalized spacial score (nSPS) is 22.9. The number of benzene rings is 3. The van der Waals surface area contributed by atoms with Crippen molar-refractivity contribution in [2.24, 2.45) is 0 Å². The Morgan fingerprint density at radius 2 is 1.53 bits per heavy atom. The molecule has 3 aromatic rings. The number of carbonyl (C=O) groups is 1. The van der Waals surface area contributed by atoms with Crippen LogP contribution in [0.25, 0.3) is 0 Å². The number of nitriles is 1. The SMILES string of the molecule is CCc1ccc(C2(C)CC(=O)OC2(C#N)c2ccc(Oc3ccccc3)cc2)cc1. The summed E-state index contributed by atoms with van der Waals surface area (Å²) in [5, 5.41) is 10.2. The topological polar surface area (TPSA) is 59.3 Å². The molecule has 0 bridgehead atoms. The molecular formula is C26H23NO3. The molecule has 4 rings (SSSR count). The van der Waals surface area contributed by atoms with Crippen molar-refractivity contribution in [2.45, 2.75) is 37.7 Å². The molecule has 0 saturated carbocycles. The molecule has 1 aliphatic rings. The fraction of sp³-hybridized carbons (Fsp3) is 0.231. The average molecular weight is 397 g/mol. The van der Waals surface area contributed by atoms with Crippen molar-refractivity contribution in [1.82, 2.24) is 0 Å². The highest BCUT2D eigenvalue weighted by Crippen LogP contribution is 2.52. The molecule has 2 unspecified atom stereocenters. The third-order valence-electron chi connectivity index (χ3n) is 5.94. The van der Waals surface area contributed by atoms with Crippen molar-refractivity contribution >= 4 is 5.97 Å². The fourth-order valence-corrected chi connectivity index (χ4v) is 4.12. The van der Waals surface area contributed by atoms with Crippen molar-refractivity contribution in [1.29, 1.82) is 5.26 Å². The lowest BCUT2D eigenvalue weighted by atomic mass is 9.66. The number of ether oxygens (including phenoxy) is 2. The highest BCUT2D eigenvalue weighted by Gasteiger charge is 2.60. The zero-order valence-electron chi connectivity index (χ0n) is 17.1. The molecule has 1 fully saturated rings. The number of carbonyl (C=O) groups excluding carboxylic acids is 1. The number of aryl methyl sites for hydroxylation is 1. The van der Waals surface area contributed by atoms with Gasteiger partial charge >= 0.3 is 5.97 Å². The standard InChI is InChI=1S/C26H23NO3/c1-3-19-9-11-20(12-10-19)25(2)17-24(28)30-26(25,18-27)21-13-15-23(16-14-21)29-22-7-5-4-6-8-22/h4-16H,3,17H2,1-2H3. The van der Waals surface area contributed by atoms with Crippen molar-refractivity contribution in [3.63, 3.8) is 0 Å². The van der Waals surface area contributed by atoms with E-state index >= 15 is 0 Å². The predicted molar refractivity (Wildman–Crippen MR) is 114 cm³/mol. The Labute approximate surface area is 176 Å². The molecule has 4 heteroatoms. The smallest absolute Gasteiger partial charge is 0.308 e. The average Bonchev–Trinajstić information content (AvgIpc) is 3.06. The third kappa shape index (κ3) is 3.23. The minimum atomic E-state index is -1.40. The number of nitrogens with zero attached hydrogens (tertiary/aromatic N) is 1. The molecule has 0 N–H and O–H groups in total. The predicted octanol–water partition coefficient (Wildman–Crippen LogP) is 5.66. The maximum absolute atomic E-state index is 12.4. The number of esters is 1. The minimum Gasteiger partial charge on any atom is -0.457 e. The van der Waals surface area contributed by atoms with Crippen LogP contribution in [0.15, 0.2) is 78.9 Å². The van der Waals surface area contributed by atoms with Gasteiger partial charge in [-0.1, -0.05) is 61.5 Å². The first-order valence-electron chi connectivity index (χ1n) is 10.1. The van der Waals surface area contributed by atoms with Crippen LogP contribution in [0.5, 0.6) is 11.5 Å². The highest BCUT2D eigenvalue weighted by molar-refractivity contribution is 5.77. The van der Waals surface area contributed by atoms with Gasteiger partial charge in [0.1, 0.15) is 17.6 Å². The Morgan fingerprint density at radius 1 is 0.933 bits per heavy atom. The van der Waals surface area contributed by atoms with E-state index < -0.39 is 11.0 Å². The lowest BCUT2D eigenvalue weighted by Gasteiger charge is -2.36. The van der Waals surface area contributed by atoms with Crippen LogP contribution in [0.2, 0.25) is 0 Å². The number of hydrogen-bond donors (Lipinski definition) is 0. The van der Waals surface area contributed by atoms with Crippen LogP contribution in [-0.2, 0) is 27.0 Å². The summed E-state index contributed by atoms with van der Waals surface area (Å²) in [6.45, 7) is 4.02. The summed E-state index contributed by atoms with van der Waals surface area (Å²) >= 11 is 0. The van der Waals surface area contributed by atoms with E-state index in [-0.39, 0.29) is 12.4 Å². The van der Waals surface area contributed by atoms with E-state index in [1.54, 1.807) is 24.3 Å². The molecule has 0 aromatic heterocycles. The summed E-state index contributed by atoms with van der Waals surface area (Å²) < 4.78 is 11.6. The Bertz CT molecular complexity index is 1080. The lowest BCUT2D eigenvalue weighted by molar-refractivity contribution is -0.146. The van der Waals surface area contributed by atoms with Gasteiger partial charge in [-0.25, -0.2) is 0 Å². The third-order valence-corrected chi connectivity index (χ3v) is 5.94. The van der Waals surface area contributed by atoms with E-state index in [9.17, 15) is 10.1 Å². The second-order valence-corrected chi connectivity index (χ2v) is 7.77. The number of hydrogen-bond acceptors (Lipinski definition) is 4. The van der Waals surface area contributed by atoms with Gasteiger partial charge in [-0.15, -0.1) is 0 Å². The number of rotatable bonds is 5. The van der Waals surface area contributed by atoms with E-state index in [0.29, 0.717) is 11.3 Å². The van der Waals surface area contributed by atoms with Crippen LogP contribution >= 0.6 is 0 Å². The van der Waals surface area contributed by atoms with E-state index in [2.05, 4.69) is 13.0 Å². The van der Waals surface area contributed by atoms with E-state index in [0.717, 1.165) is 17.7 Å². The van der Waals surface area contributed by atoms with Crippen molar-refractivity contribution in [3.8, 4) is 17.6 Å². The Morgan fingerprint density at radius 3 is 2.13 bits per heavy atom. The summed E-state index contributed by atoms with van der Waals surface area (Å²) in [5.74, 6) is 1.01. The Hall–Kier alpha value is -3.58. The van der Waals surface area contributed by atoms with Crippen LogP contribution in [0.3, 0.4) is 0 Å². The molecule has 3 aromatic carbocycles. The van der Waals surface area contributed by atoms with Gasteiger partial charge in [-0.05, 0) is 48.7 Å². The van der Waals surface area contributed by atoms with Gasteiger partial charge in [0.2, 0.25) is 5.60 Å². The first-order valence-corrected chi connectivity index (χ1v) is 10.1. The van der Waals surface area contributed by atoms with Crippen molar-refractivity contribution in [3.05, 3.63) is 95.6 Å². The summed E-state index contributed by atoms with van der Waals surface area (Å²) in [6, 6.07) is 27.1. The summed E-state index contributed by atoms with van der Waals surface area (Å²) in [7, 11) is 0. The maximum atomic E-state index is 12.4.